The number of carboxylic acid groups (broad SMARTS) is 1. The first kappa shape index (κ1) is 15.4. The zero-order chi connectivity index (χ0) is 13.3. The Bertz CT molecular complexity index is 336. The van der Waals surface area contributed by atoms with E-state index >= 15 is 0 Å². The predicted octanol–water partition coefficient (Wildman–Crippen LogP) is 1.53. The largest absolute Gasteiger partial charge is 0.478 e. The summed E-state index contributed by atoms with van der Waals surface area (Å²) in [5, 5.41) is 25.0. The molecule has 0 bridgehead atoms. The molecular weight excluding hydrogens is 220 g/mol. The van der Waals surface area contributed by atoms with Gasteiger partial charge in [-0.05, 0) is 25.5 Å². The van der Waals surface area contributed by atoms with Gasteiger partial charge >= 0.3 is 5.97 Å². The molecule has 0 radical (unpaired) electrons. The predicted molar refractivity (Wildman–Crippen MR) is 66.5 cm³/mol. The zero-order valence-corrected chi connectivity index (χ0v) is 9.95. The Morgan fingerprint density at radius 3 is 1.94 bits per heavy atom. The van der Waals surface area contributed by atoms with E-state index < -0.39 is 18.2 Å². The van der Waals surface area contributed by atoms with Crippen LogP contribution in [0.1, 0.15) is 19.4 Å². The van der Waals surface area contributed by atoms with Crippen LogP contribution in [-0.4, -0.2) is 33.5 Å². The minimum absolute atomic E-state index is 0.593. The van der Waals surface area contributed by atoms with E-state index in [1.807, 2.05) is 30.3 Å². The molecule has 0 aliphatic rings. The summed E-state index contributed by atoms with van der Waals surface area (Å²) in [6, 6.07) is 9.31. The molecule has 0 saturated heterocycles. The van der Waals surface area contributed by atoms with E-state index in [1.54, 1.807) is 19.9 Å². The van der Waals surface area contributed by atoms with E-state index in [-0.39, 0.29) is 0 Å². The number of aliphatic carboxylic acids is 1. The lowest BCUT2D eigenvalue weighted by Crippen LogP contribution is -2.17. The number of benzene rings is 1. The first-order valence-corrected chi connectivity index (χ1v) is 5.25. The Morgan fingerprint density at radius 2 is 1.59 bits per heavy atom. The Balaban J connectivity index is 0.000000366. The van der Waals surface area contributed by atoms with Crippen molar-refractivity contribution < 1.29 is 20.1 Å². The van der Waals surface area contributed by atoms with Gasteiger partial charge in [-0.1, -0.05) is 30.3 Å². The number of hydrogen-bond donors (Lipinski definition) is 3. The normalized spacial score (nSPS) is 13.6. The zero-order valence-electron chi connectivity index (χ0n) is 9.95. The van der Waals surface area contributed by atoms with Crippen molar-refractivity contribution >= 4 is 12.0 Å². The summed E-state index contributed by atoms with van der Waals surface area (Å²) in [5.41, 5.74) is 0.898. The van der Waals surface area contributed by atoms with Crippen LogP contribution < -0.4 is 0 Å². The molecule has 2 atom stereocenters. The van der Waals surface area contributed by atoms with Crippen LogP contribution in [0.25, 0.3) is 6.08 Å². The van der Waals surface area contributed by atoms with Crippen LogP contribution in [0.4, 0.5) is 0 Å². The standard InChI is InChI=1S/C9H8O2.C4H10O2/c10-9(11)7-6-8-4-2-1-3-5-8;1-3(5)4(2)6/h1-7H,(H,10,11);3-6H,1-2H3/b7-6+;. The second kappa shape index (κ2) is 8.50. The van der Waals surface area contributed by atoms with Gasteiger partial charge in [0.25, 0.3) is 0 Å². The molecule has 0 fully saturated rings. The van der Waals surface area contributed by atoms with Gasteiger partial charge in [-0.2, -0.15) is 0 Å². The van der Waals surface area contributed by atoms with Gasteiger partial charge in [0.1, 0.15) is 0 Å². The Morgan fingerprint density at radius 1 is 1.12 bits per heavy atom. The first-order chi connectivity index (χ1) is 7.93. The van der Waals surface area contributed by atoms with Gasteiger partial charge in [-0.3, -0.25) is 0 Å². The molecule has 0 spiro atoms. The van der Waals surface area contributed by atoms with E-state index in [1.165, 1.54) is 0 Å². The van der Waals surface area contributed by atoms with Gasteiger partial charge in [0.15, 0.2) is 0 Å². The van der Waals surface area contributed by atoms with Gasteiger partial charge in [0, 0.05) is 6.08 Å². The molecule has 94 valence electrons. The fraction of sp³-hybridized carbons (Fsp3) is 0.308. The fourth-order valence-corrected chi connectivity index (χ4v) is 0.732. The lowest BCUT2D eigenvalue weighted by Gasteiger charge is -2.03. The second-order valence-electron chi connectivity index (χ2n) is 3.56. The molecule has 3 N–H and O–H groups in total. The van der Waals surface area contributed by atoms with Crippen molar-refractivity contribution in [2.75, 3.05) is 0 Å². The highest BCUT2D eigenvalue weighted by Gasteiger charge is 1.99. The topological polar surface area (TPSA) is 77.8 Å². The highest BCUT2D eigenvalue weighted by atomic mass is 16.4. The maximum Gasteiger partial charge on any atom is 0.328 e. The summed E-state index contributed by atoms with van der Waals surface area (Å²) >= 11 is 0. The van der Waals surface area contributed by atoms with Crippen molar-refractivity contribution in [2.24, 2.45) is 0 Å². The van der Waals surface area contributed by atoms with Gasteiger partial charge < -0.3 is 15.3 Å². The van der Waals surface area contributed by atoms with Crippen LogP contribution in [0.5, 0.6) is 0 Å². The highest BCUT2D eigenvalue weighted by Crippen LogP contribution is 1.99. The summed E-state index contributed by atoms with van der Waals surface area (Å²) < 4.78 is 0. The molecular formula is C13H18O4. The van der Waals surface area contributed by atoms with E-state index in [4.69, 9.17) is 15.3 Å². The fourth-order valence-electron chi connectivity index (χ4n) is 0.732. The van der Waals surface area contributed by atoms with E-state index in [2.05, 4.69) is 0 Å². The molecule has 0 aliphatic carbocycles. The van der Waals surface area contributed by atoms with Crippen LogP contribution in [0, 0.1) is 0 Å². The van der Waals surface area contributed by atoms with E-state index in [0.717, 1.165) is 11.6 Å². The molecule has 1 rings (SSSR count). The minimum atomic E-state index is -0.922. The molecule has 0 amide bonds. The maximum atomic E-state index is 10.1. The smallest absolute Gasteiger partial charge is 0.328 e. The molecule has 4 nitrogen and oxygen atoms in total. The highest BCUT2D eigenvalue weighted by molar-refractivity contribution is 5.85. The molecule has 0 aromatic heterocycles. The lowest BCUT2D eigenvalue weighted by molar-refractivity contribution is -0.131. The number of carboxylic acids is 1. The van der Waals surface area contributed by atoms with Crippen LogP contribution in [0.2, 0.25) is 0 Å². The van der Waals surface area contributed by atoms with Crippen LogP contribution in [0.3, 0.4) is 0 Å². The molecule has 1 aromatic carbocycles. The third-order valence-corrected chi connectivity index (χ3v) is 1.92. The number of aliphatic hydroxyl groups excluding tert-OH is 2. The van der Waals surface area contributed by atoms with E-state index in [9.17, 15) is 4.79 Å². The Kier molecular flexibility index (Phi) is 7.67. The monoisotopic (exact) mass is 238 g/mol. The van der Waals surface area contributed by atoms with Crippen molar-refractivity contribution in [3.8, 4) is 0 Å². The lowest BCUT2D eigenvalue weighted by atomic mass is 10.2. The molecule has 0 saturated carbocycles. The molecule has 4 heteroatoms. The van der Waals surface area contributed by atoms with E-state index in [0.29, 0.717) is 0 Å². The summed E-state index contributed by atoms with van der Waals surface area (Å²) in [5.74, 6) is -0.922. The molecule has 0 aliphatic heterocycles. The van der Waals surface area contributed by atoms with Gasteiger partial charge in [0.2, 0.25) is 0 Å². The summed E-state index contributed by atoms with van der Waals surface area (Å²) in [6.07, 6.45) is 1.49. The van der Waals surface area contributed by atoms with Crippen LogP contribution in [0.15, 0.2) is 36.4 Å². The van der Waals surface area contributed by atoms with Gasteiger partial charge in [-0.15, -0.1) is 0 Å². The number of aliphatic hydroxyl groups is 2. The number of carbonyl (C=O) groups is 1. The van der Waals surface area contributed by atoms with Crippen molar-refractivity contribution in [2.45, 2.75) is 26.1 Å². The average molecular weight is 238 g/mol. The number of hydrogen-bond acceptors (Lipinski definition) is 3. The van der Waals surface area contributed by atoms with Crippen LogP contribution >= 0.6 is 0 Å². The van der Waals surface area contributed by atoms with Gasteiger partial charge in [-0.25, -0.2) is 4.79 Å². The Labute approximate surface area is 101 Å². The van der Waals surface area contributed by atoms with Crippen LogP contribution in [-0.2, 0) is 4.79 Å². The summed E-state index contributed by atoms with van der Waals surface area (Å²) in [4.78, 5) is 10.1. The molecule has 1 aromatic rings. The first-order valence-electron chi connectivity index (χ1n) is 5.25. The van der Waals surface area contributed by atoms with Crippen molar-refractivity contribution in [3.63, 3.8) is 0 Å². The summed E-state index contributed by atoms with van der Waals surface area (Å²) in [6.45, 7) is 3.09. The molecule has 0 heterocycles. The second-order valence-corrected chi connectivity index (χ2v) is 3.56. The van der Waals surface area contributed by atoms with Crippen molar-refractivity contribution in [1.29, 1.82) is 0 Å². The number of rotatable bonds is 3. The Hall–Kier alpha value is -1.65. The SMILES string of the molecule is CC(O)C(C)O.O=C(O)/C=C/c1ccccc1. The van der Waals surface area contributed by atoms with Crippen molar-refractivity contribution in [1.82, 2.24) is 0 Å². The van der Waals surface area contributed by atoms with Crippen molar-refractivity contribution in [3.05, 3.63) is 42.0 Å². The van der Waals surface area contributed by atoms with Gasteiger partial charge in [0.05, 0.1) is 12.2 Å². The molecule has 2 unspecified atom stereocenters. The molecule has 17 heavy (non-hydrogen) atoms. The quantitative estimate of drug-likeness (QED) is 0.698. The maximum absolute atomic E-state index is 10.1. The third-order valence-electron chi connectivity index (χ3n) is 1.92. The third kappa shape index (κ3) is 9.29. The summed E-state index contributed by atoms with van der Waals surface area (Å²) in [7, 11) is 0. The minimum Gasteiger partial charge on any atom is -0.478 e. The average Bonchev–Trinajstić information content (AvgIpc) is 2.28.